The third-order valence-electron chi connectivity index (χ3n) is 6.99. The molecule has 4 rings (SSSR count). The highest BCUT2D eigenvalue weighted by Gasteiger charge is 2.61. The van der Waals surface area contributed by atoms with Gasteiger partial charge in [0.05, 0.1) is 0 Å². The number of aromatic hydroxyl groups is 1. The van der Waals surface area contributed by atoms with Gasteiger partial charge in [-0.05, 0) is 61.1 Å². The molecule has 3 heteroatoms. The lowest BCUT2D eigenvalue weighted by atomic mass is 9.53. The number of rotatable bonds is 0. The lowest BCUT2D eigenvalue weighted by Gasteiger charge is -2.51. The van der Waals surface area contributed by atoms with Crippen LogP contribution in [0.3, 0.4) is 0 Å². The Kier molecular flexibility index (Phi) is 2.96. The summed E-state index contributed by atoms with van der Waals surface area (Å²) in [5.41, 5.74) is 0.417. The first-order valence-corrected chi connectivity index (χ1v) is 8.46. The molecule has 1 aromatic rings. The van der Waals surface area contributed by atoms with Crippen LogP contribution in [0.2, 0.25) is 0 Å². The largest absolute Gasteiger partial charge is 0.508 e. The summed E-state index contributed by atoms with van der Waals surface area (Å²) < 4.78 is 0. The van der Waals surface area contributed by atoms with Crippen LogP contribution in [0.5, 0.6) is 5.75 Å². The van der Waals surface area contributed by atoms with Crippen LogP contribution < -0.4 is 0 Å². The van der Waals surface area contributed by atoms with Crippen molar-refractivity contribution in [2.24, 2.45) is 17.3 Å². The summed E-state index contributed by atoms with van der Waals surface area (Å²) in [5.74, 6) is 3.78. The van der Waals surface area contributed by atoms with Gasteiger partial charge < -0.3 is 10.2 Å². The lowest BCUT2D eigenvalue weighted by Crippen LogP contribution is -2.50. The molecular weight excluding hydrogens is 288 g/mol. The van der Waals surface area contributed by atoms with Crippen molar-refractivity contribution in [3.63, 3.8) is 0 Å². The fourth-order valence-electron chi connectivity index (χ4n) is 5.64. The normalized spacial score (nSPS) is 41.6. The lowest BCUT2D eigenvalue weighted by molar-refractivity contribution is -0.0629. The zero-order chi connectivity index (χ0) is 16.4. The molecule has 5 atom stereocenters. The Bertz CT molecular complexity index is 731. The number of hydrogen-bond donors (Lipinski definition) is 2. The van der Waals surface area contributed by atoms with E-state index in [9.17, 15) is 15.0 Å². The first-order chi connectivity index (χ1) is 10.9. The van der Waals surface area contributed by atoms with Gasteiger partial charge in [0.1, 0.15) is 11.4 Å². The van der Waals surface area contributed by atoms with E-state index in [1.54, 1.807) is 12.1 Å². The highest BCUT2D eigenvalue weighted by molar-refractivity contribution is 5.99. The average molecular weight is 310 g/mol. The quantitative estimate of drug-likeness (QED) is 0.723. The Balaban J connectivity index is 1.77. The van der Waals surface area contributed by atoms with Gasteiger partial charge in [0.2, 0.25) is 0 Å². The molecule has 0 heterocycles. The Morgan fingerprint density at radius 2 is 2.09 bits per heavy atom. The summed E-state index contributed by atoms with van der Waals surface area (Å²) in [6, 6.07) is 5.19. The van der Waals surface area contributed by atoms with E-state index in [2.05, 4.69) is 12.8 Å². The molecule has 0 radical (unpaired) electrons. The van der Waals surface area contributed by atoms with E-state index in [1.165, 1.54) is 0 Å². The molecule has 3 aliphatic carbocycles. The van der Waals surface area contributed by atoms with Crippen molar-refractivity contribution in [1.82, 2.24) is 0 Å². The van der Waals surface area contributed by atoms with Gasteiger partial charge >= 0.3 is 0 Å². The predicted octanol–water partition coefficient (Wildman–Crippen LogP) is 3.25. The minimum atomic E-state index is -1.04. The van der Waals surface area contributed by atoms with Crippen LogP contribution in [-0.4, -0.2) is 21.6 Å². The van der Waals surface area contributed by atoms with Crippen molar-refractivity contribution >= 4 is 5.78 Å². The number of phenolic OH excluding ortho intramolecular Hbond substituents is 1. The maximum Gasteiger partial charge on any atom is 0.163 e. The standard InChI is InChI=1S/C20H22O3/c1-3-20(23)9-7-17-15-11-18(22)16-10-12(21)4-5-13(16)14(15)6-8-19(17,20)2/h1,4-5,10,14-15,17,21,23H,6-9,11H2,2H3/t14-,15+,17+,19+,20-/m0/s1. The molecule has 0 unspecified atom stereocenters. The number of terminal acetylenes is 1. The van der Waals surface area contributed by atoms with E-state index < -0.39 is 5.60 Å². The van der Waals surface area contributed by atoms with Crippen LogP contribution in [-0.2, 0) is 0 Å². The van der Waals surface area contributed by atoms with Crippen molar-refractivity contribution < 1.29 is 15.0 Å². The Hall–Kier alpha value is -1.79. The average Bonchev–Trinajstić information content (AvgIpc) is 2.80. The monoisotopic (exact) mass is 310 g/mol. The smallest absolute Gasteiger partial charge is 0.163 e. The Morgan fingerprint density at radius 1 is 1.30 bits per heavy atom. The molecule has 2 saturated carbocycles. The highest BCUT2D eigenvalue weighted by Crippen LogP contribution is 2.64. The van der Waals surface area contributed by atoms with Gasteiger partial charge in [-0.15, -0.1) is 6.42 Å². The maximum atomic E-state index is 12.6. The van der Waals surface area contributed by atoms with Gasteiger partial charge in [-0.25, -0.2) is 0 Å². The molecule has 0 bridgehead atoms. The van der Waals surface area contributed by atoms with Crippen LogP contribution in [0.15, 0.2) is 18.2 Å². The summed E-state index contributed by atoms with van der Waals surface area (Å²) in [6.45, 7) is 2.11. The second-order valence-corrected chi connectivity index (χ2v) is 7.78. The molecule has 0 spiro atoms. The number of aliphatic hydroxyl groups is 1. The van der Waals surface area contributed by atoms with E-state index in [0.717, 1.165) is 24.8 Å². The number of carbonyl (C=O) groups is 1. The van der Waals surface area contributed by atoms with Gasteiger partial charge in [-0.2, -0.15) is 0 Å². The fourth-order valence-corrected chi connectivity index (χ4v) is 5.64. The number of ketones is 1. The molecule has 3 aliphatic rings. The predicted molar refractivity (Wildman–Crippen MR) is 87.1 cm³/mol. The zero-order valence-corrected chi connectivity index (χ0v) is 13.4. The molecule has 2 fully saturated rings. The first kappa shape index (κ1) is 14.8. The summed E-state index contributed by atoms with van der Waals surface area (Å²) in [5, 5.41) is 20.6. The zero-order valence-electron chi connectivity index (χ0n) is 13.4. The summed E-state index contributed by atoms with van der Waals surface area (Å²) in [4.78, 5) is 12.6. The van der Waals surface area contributed by atoms with E-state index in [0.29, 0.717) is 24.3 Å². The number of carbonyl (C=O) groups excluding carboxylic acids is 1. The minimum absolute atomic E-state index is 0.109. The van der Waals surface area contributed by atoms with Crippen molar-refractivity contribution in [1.29, 1.82) is 0 Å². The SMILES string of the molecule is C#C[C@]1(O)CC[C@@H]2[C@@H]3CC(=O)c4cc(O)ccc4[C@@H]3CC[C@]21C. The van der Waals surface area contributed by atoms with Crippen LogP contribution in [0, 0.1) is 29.6 Å². The van der Waals surface area contributed by atoms with Gasteiger partial charge in [-0.1, -0.05) is 18.9 Å². The van der Waals surface area contributed by atoms with Gasteiger partial charge in [-0.3, -0.25) is 4.79 Å². The van der Waals surface area contributed by atoms with Gasteiger partial charge in [0, 0.05) is 17.4 Å². The van der Waals surface area contributed by atoms with Crippen LogP contribution in [0.1, 0.15) is 60.9 Å². The van der Waals surface area contributed by atoms with Crippen LogP contribution in [0.4, 0.5) is 0 Å². The summed E-state index contributed by atoms with van der Waals surface area (Å²) in [6.07, 6.45) is 9.49. The molecule has 0 aliphatic heterocycles. The number of hydrogen-bond acceptors (Lipinski definition) is 3. The Morgan fingerprint density at radius 3 is 2.83 bits per heavy atom. The molecule has 0 aromatic heterocycles. The van der Waals surface area contributed by atoms with Crippen molar-refractivity contribution in [3.05, 3.63) is 29.3 Å². The number of benzene rings is 1. The molecule has 120 valence electrons. The van der Waals surface area contributed by atoms with Crippen molar-refractivity contribution in [2.45, 2.75) is 50.5 Å². The molecule has 2 N–H and O–H groups in total. The number of Topliss-reactive ketones (excluding diaryl/α,β-unsaturated/α-hetero) is 1. The highest BCUT2D eigenvalue weighted by atomic mass is 16.3. The second-order valence-electron chi connectivity index (χ2n) is 7.78. The third kappa shape index (κ3) is 1.79. The van der Waals surface area contributed by atoms with E-state index in [4.69, 9.17) is 6.42 Å². The first-order valence-electron chi connectivity index (χ1n) is 8.46. The maximum absolute atomic E-state index is 12.6. The molecular formula is C20H22O3. The topological polar surface area (TPSA) is 57.5 Å². The Labute approximate surface area is 136 Å². The summed E-state index contributed by atoms with van der Waals surface area (Å²) in [7, 11) is 0. The molecule has 1 aromatic carbocycles. The second kappa shape index (κ2) is 4.61. The van der Waals surface area contributed by atoms with Gasteiger partial charge in [0.25, 0.3) is 0 Å². The van der Waals surface area contributed by atoms with E-state index in [-0.39, 0.29) is 28.8 Å². The van der Waals surface area contributed by atoms with Crippen LogP contribution in [0.25, 0.3) is 0 Å². The van der Waals surface area contributed by atoms with Gasteiger partial charge in [0.15, 0.2) is 5.78 Å². The molecule has 3 nitrogen and oxygen atoms in total. The van der Waals surface area contributed by atoms with E-state index >= 15 is 0 Å². The summed E-state index contributed by atoms with van der Waals surface area (Å²) >= 11 is 0. The molecule has 0 saturated heterocycles. The molecule has 0 amide bonds. The molecule has 23 heavy (non-hydrogen) atoms. The number of phenols is 1. The van der Waals surface area contributed by atoms with Crippen molar-refractivity contribution in [3.8, 4) is 18.1 Å². The van der Waals surface area contributed by atoms with Crippen molar-refractivity contribution in [2.75, 3.05) is 0 Å². The number of fused-ring (bicyclic) bond motifs is 5. The third-order valence-corrected chi connectivity index (χ3v) is 6.99. The fraction of sp³-hybridized carbons (Fsp3) is 0.550. The van der Waals surface area contributed by atoms with Crippen LogP contribution >= 0.6 is 0 Å². The van der Waals surface area contributed by atoms with E-state index in [1.807, 2.05) is 6.07 Å². The minimum Gasteiger partial charge on any atom is -0.508 e.